The van der Waals surface area contributed by atoms with Crippen molar-refractivity contribution in [1.82, 2.24) is 14.9 Å². The molecule has 0 spiro atoms. The van der Waals surface area contributed by atoms with E-state index in [9.17, 15) is 13.6 Å². The van der Waals surface area contributed by atoms with Gasteiger partial charge in [0.25, 0.3) is 5.91 Å². The number of para-hydroxylation sites is 3. The summed E-state index contributed by atoms with van der Waals surface area (Å²) in [5.74, 6) is 0.206. The highest BCUT2D eigenvalue weighted by Gasteiger charge is 2.20. The van der Waals surface area contributed by atoms with Crippen LogP contribution in [0.5, 0.6) is 11.5 Å². The molecule has 148 valence electrons. The summed E-state index contributed by atoms with van der Waals surface area (Å²) in [6.07, 6.45) is 0.655. The Morgan fingerprint density at radius 2 is 2.00 bits per heavy atom. The molecule has 0 atom stereocenters. The molecule has 1 aromatic heterocycles. The Morgan fingerprint density at radius 1 is 1.21 bits per heavy atom. The van der Waals surface area contributed by atoms with Gasteiger partial charge in [-0.2, -0.15) is 8.78 Å². The average molecular weight is 389 g/mol. The lowest BCUT2D eigenvalue weighted by atomic mass is 10.1. The summed E-state index contributed by atoms with van der Waals surface area (Å²) in [4.78, 5) is 17.0. The first kappa shape index (κ1) is 19.6. The second-order valence-corrected chi connectivity index (χ2v) is 6.12. The van der Waals surface area contributed by atoms with E-state index in [1.54, 1.807) is 6.07 Å². The van der Waals surface area contributed by atoms with Gasteiger partial charge in [0.2, 0.25) is 0 Å². The van der Waals surface area contributed by atoms with Crippen LogP contribution in [-0.2, 0) is 6.54 Å². The van der Waals surface area contributed by atoms with Gasteiger partial charge in [0.15, 0.2) is 11.5 Å². The molecule has 3 rings (SSSR count). The molecule has 0 unspecified atom stereocenters. The Hall–Kier alpha value is -3.16. The molecule has 1 heterocycles. The molecule has 0 saturated carbocycles. The monoisotopic (exact) mass is 389 g/mol. The number of aromatic nitrogens is 2. The van der Waals surface area contributed by atoms with Gasteiger partial charge in [0.1, 0.15) is 5.82 Å². The van der Waals surface area contributed by atoms with Gasteiger partial charge in [-0.3, -0.25) is 4.79 Å². The van der Waals surface area contributed by atoms with Gasteiger partial charge in [-0.15, -0.1) is 0 Å². The predicted octanol–water partition coefficient (Wildman–Crippen LogP) is 3.77. The number of carbonyl (C=O) groups excluding carboxylic acids is 1. The lowest BCUT2D eigenvalue weighted by Crippen LogP contribution is -2.26. The van der Waals surface area contributed by atoms with Gasteiger partial charge in [-0.25, -0.2) is 4.98 Å². The minimum absolute atomic E-state index is 0.00362. The Balaban J connectivity index is 1.64. The van der Waals surface area contributed by atoms with E-state index in [-0.39, 0.29) is 17.1 Å². The van der Waals surface area contributed by atoms with E-state index in [1.807, 2.05) is 31.2 Å². The second kappa shape index (κ2) is 8.69. The maximum atomic E-state index is 12.7. The minimum atomic E-state index is -3.06. The van der Waals surface area contributed by atoms with E-state index < -0.39 is 12.5 Å². The fourth-order valence-electron chi connectivity index (χ4n) is 3.08. The van der Waals surface area contributed by atoms with Crippen molar-refractivity contribution in [2.75, 3.05) is 13.7 Å². The number of carbonyl (C=O) groups is 1. The summed E-state index contributed by atoms with van der Waals surface area (Å²) in [6.45, 7) is -0.0790. The van der Waals surface area contributed by atoms with Crippen molar-refractivity contribution >= 4 is 16.9 Å². The molecule has 0 bridgehead atoms. The molecule has 0 aliphatic rings. The highest BCUT2D eigenvalue weighted by Crippen LogP contribution is 2.32. The summed E-state index contributed by atoms with van der Waals surface area (Å²) in [5.41, 5.74) is 1.96. The van der Waals surface area contributed by atoms with E-state index in [1.165, 1.54) is 19.2 Å². The van der Waals surface area contributed by atoms with Crippen LogP contribution in [-0.4, -0.2) is 35.7 Å². The van der Waals surface area contributed by atoms with E-state index in [4.69, 9.17) is 4.74 Å². The topological polar surface area (TPSA) is 65.4 Å². The third kappa shape index (κ3) is 4.21. The highest BCUT2D eigenvalue weighted by atomic mass is 19.3. The van der Waals surface area contributed by atoms with Gasteiger partial charge < -0.3 is 19.4 Å². The number of nitrogens with one attached hydrogen (secondary N) is 1. The van der Waals surface area contributed by atoms with Crippen LogP contribution in [0.25, 0.3) is 11.0 Å². The maximum Gasteiger partial charge on any atom is 0.387 e. The van der Waals surface area contributed by atoms with Crippen LogP contribution in [0.3, 0.4) is 0 Å². The number of hydrogen-bond acceptors (Lipinski definition) is 4. The molecule has 0 radical (unpaired) electrons. The fourth-order valence-corrected chi connectivity index (χ4v) is 3.08. The first-order valence-corrected chi connectivity index (χ1v) is 8.83. The standard InChI is InChI=1S/C20H21F2N3O3/c1-13-24-15-8-3-4-9-16(15)25(13)12-6-11-23-19(26)14-7-5-10-17(27-2)18(14)28-20(21)22/h3-5,7-10,20H,6,11-12H2,1-2H3,(H,23,26). The fraction of sp³-hybridized carbons (Fsp3) is 0.300. The molecule has 28 heavy (non-hydrogen) atoms. The van der Waals surface area contributed by atoms with Crippen LogP contribution in [0.2, 0.25) is 0 Å². The molecular weight excluding hydrogens is 368 g/mol. The first-order valence-electron chi connectivity index (χ1n) is 8.83. The molecule has 1 N–H and O–H groups in total. The Labute approximate surface area is 161 Å². The molecule has 0 fully saturated rings. The van der Waals surface area contributed by atoms with Crippen LogP contribution >= 0.6 is 0 Å². The zero-order valence-corrected chi connectivity index (χ0v) is 15.6. The number of hydrogen-bond donors (Lipinski definition) is 1. The molecule has 0 aliphatic heterocycles. The summed E-state index contributed by atoms with van der Waals surface area (Å²) in [5, 5.41) is 2.74. The smallest absolute Gasteiger partial charge is 0.387 e. The van der Waals surface area contributed by atoms with Crippen molar-refractivity contribution in [3.63, 3.8) is 0 Å². The second-order valence-electron chi connectivity index (χ2n) is 6.12. The average Bonchev–Trinajstić information content (AvgIpc) is 3.00. The van der Waals surface area contributed by atoms with Crippen LogP contribution in [0.4, 0.5) is 8.78 Å². The third-order valence-electron chi connectivity index (χ3n) is 4.34. The summed E-state index contributed by atoms with van der Waals surface area (Å²) in [7, 11) is 1.33. The molecule has 3 aromatic rings. The van der Waals surface area contributed by atoms with E-state index in [2.05, 4.69) is 19.6 Å². The summed E-state index contributed by atoms with van der Waals surface area (Å²) in [6, 6.07) is 12.3. The van der Waals surface area contributed by atoms with E-state index >= 15 is 0 Å². The number of fused-ring (bicyclic) bond motifs is 1. The summed E-state index contributed by atoms with van der Waals surface area (Å²) >= 11 is 0. The van der Waals surface area contributed by atoms with Crippen molar-refractivity contribution in [1.29, 1.82) is 0 Å². The number of alkyl halides is 2. The van der Waals surface area contributed by atoms with Crippen molar-refractivity contribution in [2.45, 2.75) is 26.5 Å². The Morgan fingerprint density at radius 3 is 2.75 bits per heavy atom. The molecule has 2 aromatic carbocycles. The lowest BCUT2D eigenvalue weighted by Gasteiger charge is -2.14. The quantitative estimate of drug-likeness (QED) is 0.596. The number of nitrogens with zero attached hydrogens (tertiary/aromatic N) is 2. The number of rotatable bonds is 8. The van der Waals surface area contributed by atoms with E-state index in [0.29, 0.717) is 19.5 Å². The van der Waals surface area contributed by atoms with Gasteiger partial charge in [-0.05, 0) is 37.6 Å². The van der Waals surface area contributed by atoms with Crippen LogP contribution in [0, 0.1) is 6.92 Å². The van der Waals surface area contributed by atoms with Gasteiger partial charge in [0.05, 0.1) is 23.7 Å². The van der Waals surface area contributed by atoms with Crippen LogP contribution in [0.1, 0.15) is 22.6 Å². The van der Waals surface area contributed by atoms with Crippen LogP contribution in [0.15, 0.2) is 42.5 Å². The Kier molecular flexibility index (Phi) is 6.08. The number of halogens is 2. The lowest BCUT2D eigenvalue weighted by molar-refractivity contribution is -0.0515. The molecule has 8 heteroatoms. The first-order chi connectivity index (χ1) is 13.5. The molecule has 0 saturated heterocycles. The molecule has 6 nitrogen and oxygen atoms in total. The zero-order chi connectivity index (χ0) is 20.1. The van der Waals surface area contributed by atoms with Crippen molar-refractivity contribution in [3.8, 4) is 11.5 Å². The predicted molar refractivity (Wildman–Crippen MR) is 101 cm³/mol. The zero-order valence-electron chi connectivity index (χ0n) is 15.6. The van der Waals surface area contributed by atoms with Gasteiger partial charge in [0, 0.05) is 13.1 Å². The summed E-state index contributed by atoms with van der Waals surface area (Å²) < 4.78 is 37.0. The van der Waals surface area contributed by atoms with E-state index in [0.717, 1.165) is 16.9 Å². The maximum absolute atomic E-state index is 12.7. The van der Waals surface area contributed by atoms with Crippen molar-refractivity contribution in [2.24, 2.45) is 0 Å². The van der Waals surface area contributed by atoms with Crippen molar-refractivity contribution < 1.29 is 23.0 Å². The number of ether oxygens (including phenoxy) is 2. The number of amides is 1. The molecule has 1 amide bonds. The van der Waals surface area contributed by atoms with Crippen LogP contribution < -0.4 is 14.8 Å². The normalized spacial score (nSPS) is 11.0. The number of methoxy groups -OCH3 is 1. The number of aryl methyl sites for hydroxylation is 2. The number of benzene rings is 2. The van der Waals surface area contributed by atoms with Crippen molar-refractivity contribution in [3.05, 3.63) is 53.9 Å². The SMILES string of the molecule is COc1cccc(C(=O)NCCCn2c(C)nc3ccccc32)c1OC(F)F. The molecule has 0 aliphatic carbocycles. The number of imidazole rings is 1. The third-order valence-corrected chi connectivity index (χ3v) is 4.34. The van der Waals surface area contributed by atoms with Gasteiger partial charge in [-0.1, -0.05) is 18.2 Å². The Bertz CT molecular complexity index is 972. The minimum Gasteiger partial charge on any atom is -0.493 e. The van der Waals surface area contributed by atoms with Gasteiger partial charge >= 0.3 is 6.61 Å². The largest absolute Gasteiger partial charge is 0.493 e. The highest BCUT2D eigenvalue weighted by molar-refractivity contribution is 5.97. The molecular formula is C20H21F2N3O3.